The van der Waals surface area contributed by atoms with Gasteiger partial charge in [-0.2, -0.15) is 0 Å². The van der Waals surface area contributed by atoms with Crippen LogP contribution in [-0.2, 0) is 12.8 Å². The highest BCUT2D eigenvalue weighted by Crippen LogP contribution is 2.35. The van der Waals surface area contributed by atoms with Crippen LogP contribution < -0.4 is 4.74 Å². The maximum atomic E-state index is 10.1. The Bertz CT molecular complexity index is 904. The van der Waals surface area contributed by atoms with Crippen LogP contribution in [0.2, 0.25) is 0 Å². The zero-order valence-electron chi connectivity index (χ0n) is 16.3. The Kier molecular flexibility index (Phi) is 7.67. The van der Waals surface area contributed by atoms with Gasteiger partial charge in [-0.1, -0.05) is 72.9 Å². The minimum atomic E-state index is 0.0826. The molecule has 0 radical (unpaired) electrons. The average Bonchev–Trinajstić information content (AvgIpc) is 2.76. The van der Waals surface area contributed by atoms with E-state index in [1.54, 1.807) is 6.07 Å². The molecule has 0 aliphatic heterocycles. The number of hydrogen-bond donors (Lipinski definition) is 1. The Hall–Kier alpha value is -2.37. The summed E-state index contributed by atoms with van der Waals surface area (Å²) >= 11 is 9.25. The lowest BCUT2D eigenvalue weighted by Gasteiger charge is -2.26. The molecule has 150 valence electrons. The highest BCUT2D eigenvalue weighted by Gasteiger charge is 2.16. The highest BCUT2D eigenvalue weighted by atomic mass is 79.9. The van der Waals surface area contributed by atoms with Crippen LogP contribution in [0.4, 0.5) is 0 Å². The van der Waals surface area contributed by atoms with Crippen molar-refractivity contribution in [2.45, 2.75) is 12.8 Å². The summed E-state index contributed by atoms with van der Waals surface area (Å²) < 4.78 is 5.87. The number of hydrogen-bond acceptors (Lipinski definition) is 3. The van der Waals surface area contributed by atoms with E-state index in [0.717, 1.165) is 36.5 Å². The third kappa shape index (κ3) is 5.81. The minimum absolute atomic E-state index is 0.0826. The highest BCUT2D eigenvalue weighted by molar-refractivity contribution is 9.10. The van der Waals surface area contributed by atoms with Gasteiger partial charge in [0.1, 0.15) is 4.99 Å². The van der Waals surface area contributed by atoms with Crippen molar-refractivity contribution in [3.05, 3.63) is 94.0 Å². The summed E-state index contributed by atoms with van der Waals surface area (Å²) in [6.45, 7) is 1.63. The lowest BCUT2D eigenvalue weighted by molar-refractivity contribution is 0.371. The lowest BCUT2D eigenvalue weighted by Crippen LogP contribution is -2.34. The van der Waals surface area contributed by atoms with Crippen LogP contribution in [0.5, 0.6) is 11.5 Å². The van der Waals surface area contributed by atoms with E-state index < -0.39 is 0 Å². The number of methoxy groups -OCH3 is 1. The van der Waals surface area contributed by atoms with E-state index in [9.17, 15) is 5.11 Å². The third-order valence-electron chi connectivity index (χ3n) is 4.81. The van der Waals surface area contributed by atoms with Crippen molar-refractivity contribution in [3.8, 4) is 11.5 Å². The summed E-state index contributed by atoms with van der Waals surface area (Å²) in [6.07, 6.45) is 1.82. The maximum Gasteiger partial charge on any atom is 0.172 e. The first-order valence-corrected chi connectivity index (χ1v) is 10.7. The Balaban J connectivity index is 1.80. The van der Waals surface area contributed by atoms with Gasteiger partial charge in [0.2, 0.25) is 0 Å². The largest absolute Gasteiger partial charge is 0.503 e. The van der Waals surface area contributed by atoms with E-state index in [1.807, 2.05) is 18.2 Å². The molecule has 0 spiro atoms. The van der Waals surface area contributed by atoms with Crippen molar-refractivity contribution in [1.82, 2.24) is 4.90 Å². The molecule has 1 N–H and O–H groups in total. The molecule has 0 saturated heterocycles. The Morgan fingerprint density at radius 1 is 0.931 bits per heavy atom. The predicted octanol–water partition coefficient (Wildman–Crippen LogP) is 5.63. The number of benzene rings is 3. The van der Waals surface area contributed by atoms with E-state index in [4.69, 9.17) is 17.0 Å². The zero-order chi connectivity index (χ0) is 20.6. The van der Waals surface area contributed by atoms with Gasteiger partial charge in [-0.15, -0.1) is 0 Å². The average molecular weight is 470 g/mol. The second-order valence-corrected chi connectivity index (χ2v) is 8.01. The molecule has 3 rings (SSSR count). The SMILES string of the molecule is COc1cc(C(=S)N(CCc2ccccc2)CCc2ccccc2)cc(Br)c1O. The molecule has 0 saturated carbocycles. The summed E-state index contributed by atoms with van der Waals surface area (Å²) in [5.41, 5.74) is 3.41. The first-order chi connectivity index (χ1) is 14.1. The molecule has 5 heteroatoms. The van der Waals surface area contributed by atoms with Crippen molar-refractivity contribution in [2.75, 3.05) is 20.2 Å². The van der Waals surface area contributed by atoms with Crippen molar-refractivity contribution in [1.29, 1.82) is 0 Å². The normalized spacial score (nSPS) is 10.6. The number of phenolic OH excluding ortho intramolecular Hbond substituents is 1. The molecule has 0 fully saturated rings. The van der Waals surface area contributed by atoms with E-state index in [2.05, 4.69) is 69.4 Å². The van der Waals surface area contributed by atoms with Crippen LogP contribution in [0.15, 0.2) is 77.3 Å². The number of rotatable bonds is 8. The quantitative estimate of drug-likeness (QED) is 0.433. The Morgan fingerprint density at radius 2 is 1.45 bits per heavy atom. The fraction of sp³-hybridized carbons (Fsp3) is 0.208. The monoisotopic (exact) mass is 469 g/mol. The van der Waals surface area contributed by atoms with Gasteiger partial charge >= 0.3 is 0 Å². The molecule has 0 bridgehead atoms. The van der Waals surface area contributed by atoms with Crippen molar-refractivity contribution >= 4 is 33.1 Å². The predicted molar refractivity (Wildman–Crippen MR) is 126 cm³/mol. The standard InChI is InChI=1S/C24H24BrNO2S/c1-28-22-17-20(16-21(25)23(22)27)24(29)26(14-12-18-8-4-2-5-9-18)15-13-19-10-6-3-7-11-19/h2-11,16-17,27H,12-15H2,1H3. The van der Waals surface area contributed by atoms with Gasteiger partial charge in [-0.25, -0.2) is 0 Å². The first kappa shape index (κ1) is 21.3. The number of thiocarbonyl (C=S) groups is 1. The summed E-state index contributed by atoms with van der Waals surface area (Å²) in [6, 6.07) is 24.5. The van der Waals surface area contributed by atoms with Crippen LogP contribution in [0, 0.1) is 0 Å². The number of nitrogens with zero attached hydrogens (tertiary/aromatic N) is 1. The zero-order valence-corrected chi connectivity index (χ0v) is 18.7. The molecular weight excluding hydrogens is 446 g/mol. The topological polar surface area (TPSA) is 32.7 Å². The van der Waals surface area contributed by atoms with E-state index in [0.29, 0.717) is 10.2 Å². The molecule has 29 heavy (non-hydrogen) atoms. The smallest absolute Gasteiger partial charge is 0.172 e. The molecule has 0 unspecified atom stereocenters. The second-order valence-electron chi connectivity index (χ2n) is 6.77. The number of ether oxygens (including phenoxy) is 1. The maximum absolute atomic E-state index is 10.1. The first-order valence-electron chi connectivity index (χ1n) is 9.52. The molecule has 0 aliphatic carbocycles. The summed E-state index contributed by atoms with van der Waals surface area (Å²) in [4.78, 5) is 2.98. The van der Waals surface area contributed by atoms with Crippen molar-refractivity contribution < 1.29 is 9.84 Å². The summed E-state index contributed by atoms with van der Waals surface area (Å²) in [7, 11) is 1.54. The lowest BCUT2D eigenvalue weighted by atomic mass is 10.1. The Morgan fingerprint density at radius 3 is 1.93 bits per heavy atom. The number of aromatic hydroxyl groups is 1. The second kappa shape index (κ2) is 10.4. The van der Waals surface area contributed by atoms with E-state index >= 15 is 0 Å². The molecule has 0 atom stereocenters. The van der Waals surface area contributed by atoms with E-state index in [-0.39, 0.29) is 5.75 Å². The number of halogens is 1. The fourth-order valence-corrected chi connectivity index (χ4v) is 3.91. The van der Waals surface area contributed by atoms with E-state index in [1.165, 1.54) is 18.2 Å². The van der Waals surface area contributed by atoms with Gasteiger partial charge in [-0.3, -0.25) is 0 Å². The van der Waals surface area contributed by atoms with Crippen LogP contribution in [0.3, 0.4) is 0 Å². The molecule has 0 aliphatic rings. The molecule has 3 nitrogen and oxygen atoms in total. The number of phenols is 1. The van der Waals surface area contributed by atoms with Gasteiger partial charge in [0.05, 0.1) is 11.6 Å². The third-order valence-corrected chi connectivity index (χ3v) is 5.91. The van der Waals surface area contributed by atoms with Gasteiger partial charge < -0.3 is 14.7 Å². The molecule has 3 aromatic carbocycles. The van der Waals surface area contributed by atoms with Gasteiger partial charge in [0, 0.05) is 18.7 Å². The fourth-order valence-electron chi connectivity index (χ4n) is 3.17. The minimum Gasteiger partial charge on any atom is -0.503 e. The Labute approximate surface area is 186 Å². The van der Waals surface area contributed by atoms with Crippen molar-refractivity contribution in [2.24, 2.45) is 0 Å². The summed E-state index contributed by atoms with van der Waals surface area (Å²) in [5.74, 6) is 0.488. The van der Waals surface area contributed by atoms with Gasteiger partial charge in [-0.05, 0) is 52.0 Å². The van der Waals surface area contributed by atoms with Crippen LogP contribution in [0.1, 0.15) is 16.7 Å². The summed E-state index contributed by atoms with van der Waals surface area (Å²) in [5, 5.41) is 10.1. The van der Waals surface area contributed by atoms with Gasteiger partial charge in [0.25, 0.3) is 0 Å². The van der Waals surface area contributed by atoms with Crippen LogP contribution in [-0.4, -0.2) is 35.2 Å². The van der Waals surface area contributed by atoms with Gasteiger partial charge in [0.15, 0.2) is 11.5 Å². The molecule has 0 aromatic heterocycles. The van der Waals surface area contributed by atoms with Crippen LogP contribution >= 0.6 is 28.1 Å². The van der Waals surface area contributed by atoms with Crippen LogP contribution in [0.25, 0.3) is 0 Å². The van der Waals surface area contributed by atoms with Crippen molar-refractivity contribution in [3.63, 3.8) is 0 Å². The molecule has 3 aromatic rings. The molecule has 0 heterocycles. The molecular formula is C24H24BrNO2S. The molecule has 0 amide bonds.